The molecule has 0 bridgehead atoms. The summed E-state index contributed by atoms with van der Waals surface area (Å²) in [6, 6.07) is -0.995. The Hall–Kier alpha value is -1.06. The quantitative estimate of drug-likeness (QED) is 0.0233. The number of aliphatic hydroxyl groups excluding tert-OH is 2. The van der Waals surface area contributed by atoms with Crippen molar-refractivity contribution in [3.8, 4) is 0 Å². The zero-order valence-electron chi connectivity index (χ0n) is 35.1. The van der Waals surface area contributed by atoms with Crippen LogP contribution < -0.4 is 11.1 Å². The molecule has 0 aliphatic rings. The van der Waals surface area contributed by atoms with Crippen LogP contribution in [0.5, 0.6) is 0 Å². The third-order valence-corrected chi connectivity index (χ3v) is 11.1. The number of rotatable bonds is 42. The molecular weight excluding hydrogens is 699 g/mol. The van der Waals surface area contributed by atoms with E-state index in [0.29, 0.717) is 12.8 Å². The van der Waals surface area contributed by atoms with Crippen molar-refractivity contribution in [3.63, 3.8) is 0 Å². The van der Waals surface area contributed by atoms with E-state index in [2.05, 4.69) is 31.3 Å². The number of carbonyl (C=O) groups is 1. The Morgan fingerprint density at radius 1 is 0.630 bits per heavy atom. The van der Waals surface area contributed by atoms with Gasteiger partial charge in [0.15, 0.2) is 0 Å². The smallest absolute Gasteiger partial charge is 0.393 e. The highest BCUT2D eigenvalue weighted by Gasteiger charge is 2.27. The van der Waals surface area contributed by atoms with Crippen molar-refractivity contribution in [2.75, 3.05) is 19.8 Å². The summed E-state index contributed by atoms with van der Waals surface area (Å²) < 4.78 is 22.1. The molecule has 4 atom stereocenters. The molecular formula is C44H87N2O7P. The fraction of sp³-hybridized carbons (Fsp3) is 0.886. The molecule has 0 rings (SSSR count). The van der Waals surface area contributed by atoms with Crippen molar-refractivity contribution in [1.29, 1.82) is 0 Å². The van der Waals surface area contributed by atoms with Crippen LogP contribution in [0.2, 0.25) is 0 Å². The zero-order chi connectivity index (χ0) is 39.8. The second-order valence-corrected chi connectivity index (χ2v) is 16.9. The van der Waals surface area contributed by atoms with Crippen molar-refractivity contribution in [3.05, 3.63) is 24.3 Å². The molecule has 10 heteroatoms. The predicted molar refractivity (Wildman–Crippen MR) is 227 cm³/mol. The highest BCUT2D eigenvalue weighted by Crippen LogP contribution is 2.43. The lowest BCUT2D eigenvalue weighted by atomic mass is 10.0. The van der Waals surface area contributed by atoms with Crippen molar-refractivity contribution >= 4 is 13.7 Å². The zero-order valence-corrected chi connectivity index (χ0v) is 36.0. The third-order valence-electron chi connectivity index (χ3n) is 10.1. The Balaban J connectivity index is 4.33. The fourth-order valence-electron chi connectivity index (χ4n) is 6.66. The molecule has 0 fully saturated rings. The molecule has 6 N–H and O–H groups in total. The summed E-state index contributed by atoms with van der Waals surface area (Å²) in [6.07, 6.45) is 42.6. The van der Waals surface area contributed by atoms with E-state index in [9.17, 15) is 24.5 Å². The summed E-state index contributed by atoms with van der Waals surface area (Å²) in [7, 11) is -4.40. The number of carbonyl (C=O) groups excluding carboxylic acids is 1. The number of phosphoric ester groups is 1. The normalized spacial score (nSPS) is 14.9. The van der Waals surface area contributed by atoms with Crippen LogP contribution in [-0.2, 0) is 18.4 Å². The van der Waals surface area contributed by atoms with E-state index in [1.165, 1.54) is 148 Å². The Morgan fingerprint density at radius 3 is 1.54 bits per heavy atom. The molecule has 0 aliphatic heterocycles. The number of hydrogen-bond donors (Lipinski definition) is 5. The maximum absolute atomic E-state index is 12.8. The lowest BCUT2D eigenvalue weighted by Gasteiger charge is -2.24. The fourth-order valence-corrected chi connectivity index (χ4v) is 7.42. The molecule has 0 aromatic rings. The summed E-state index contributed by atoms with van der Waals surface area (Å²) in [5.74, 6) is -0.453. The van der Waals surface area contributed by atoms with Gasteiger partial charge in [-0.1, -0.05) is 199 Å². The van der Waals surface area contributed by atoms with Crippen LogP contribution in [0.4, 0.5) is 0 Å². The molecule has 1 amide bonds. The van der Waals surface area contributed by atoms with Crippen LogP contribution in [0.1, 0.15) is 213 Å². The van der Waals surface area contributed by atoms with E-state index in [4.69, 9.17) is 14.8 Å². The highest BCUT2D eigenvalue weighted by molar-refractivity contribution is 7.47. The molecule has 0 saturated carbocycles. The van der Waals surface area contributed by atoms with Crippen molar-refractivity contribution in [1.82, 2.24) is 5.32 Å². The van der Waals surface area contributed by atoms with Crippen LogP contribution in [-0.4, -0.2) is 59.0 Å². The van der Waals surface area contributed by atoms with Crippen LogP contribution in [0.25, 0.3) is 0 Å². The Bertz CT molecular complexity index is 919. The first-order valence-electron chi connectivity index (χ1n) is 22.5. The van der Waals surface area contributed by atoms with E-state index in [1.807, 2.05) is 6.08 Å². The molecule has 54 heavy (non-hydrogen) atoms. The van der Waals surface area contributed by atoms with Gasteiger partial charge in [-0.05, 0) is 32.1 Å². The minimum atomic E-state index is -4.40. The van der Waals surface area contributed by atoms with Crippen molar-refractivity contribution < 1.29 is 33.5 Å². The van der Waals surface area contributed by atoms with Crippen LogP contribution in [0.3, 0.4) is 0 Å². The van der Waals surface area contributed by atoms with E-state index in [0.717, 1.165) is 32.1 Å². The maximum Gasteiger partial charge on any atom is 0.472 e. The van der Waals surface area contributed by atoms with E-state index >= 15 is 0 Å². The summed E-state index contributed by atoms with van der Waals surface area (Å²) >= 11 is 0. The average molecular weight is 787 g/mol. The standard InChI is InChI=1S/C44H87N2O7P/c1-3-5-7-9-11-13-15-17-19-21-23-25-27-29-31-33-35-41(47)39-44(49)46-42(40-53-54(50,51)52-38-37-45)43(48)36-34-32-30-28-26-24-22-20-18-16-14-12-10-8-6-4-2/h26,28,34,36,41-43,47-48H,3-25,27,29-33,35,37-40,45H2,1-2H3,(H,46,49)(H,50,51)/b28-26+,36-34+. The van der Waals surface area contributed by atoms with E-state index in [-0.39, 0.29) is 19.6 Å². The van der Waals surface area contributed by atoms with E-state index in [1.54, 1.807) is 6.08 Å². The van der Waals surface area contributed by atoms with Gasteiger partial charge in [0.1, 0.15) is 0 Å². The molecule has 0 radical (unpaired) electrons. The summed E-state index contributed by atoms with van der Waals surface area (Å²) in [4.78, 5) is 22.8. The molecule has 0 heterocycles. The molecule has 0 aromatic carbocycles. The van der Waals surface area contributed by atoms with Crippen LogP contribution >= 0.6 is 7.82 Å². The second kappa shape index (κ2) is 40.1. The molecule has 0 spiro atoms. The maximum atomic E-state index is 12.8. The average Bonchev–Trinajstić information content (AvgIpc) is 3.15. The first-order valence-corrected chi connectivity index (χ1v) is 24.0. The number of amides is 1. The SMILES string of the molecule is CCCCCCCCCCCC/C=C/CC/C=C/C(O)C(COP(=O)(O)OCCN)NC(=O)CC(O)CCCCCCCCCCCCCCCCCC. The monoisotopic (exact) mass is 787 g/mol. The lowest BCUT2D eigenvalue weighted by Crippen LogP contribution is -2.46. The molecule has 9 nitrogen and oxygen atoms in total. The largest absolute Gasteiger partial charge is 0.472 e. The number of unbranched alkanes of at least 4 members (excludes halogenated alkanes) is 26. The number of allylic oxidation sites excluding steroid dienone is 3. The summed E-state index contributed by atoms with van der Waals surface area (Å²) in [5.41, 5.74) is 5.36. The van der Waals surface area contributed by atoms with Crippen LogP contribution in [0.15, 0.2) is 24.3 Å². The number of hydrogen-bond acceptors (Lipinski definition) is 7. The van der Waals surface area contributed by atoms with Gasteiger partial charge in [-0.15, -0.1) is 0 Å². The molecule has 0 aliphatic carbocycles. The van der Waals surface area contributed by atoms with Crippen molar-refractivity contribution in [2.24, 2.45) is 5.73 Å². The van der Waals surface area contributed by atoms with Gasteiger partial charge in [0.05, 0.1) is 37.9 Å². The van der Waals surface area contributed by atoms with Gasteiger partial charge in [-0.2, -0.15) is 0 Å². The molecule has 0 aromatic heterocycles. The van der Waals surface area contributed by atoms with Gasteiger partial charge in [0.25, 0.3) is 0 Å². The molecule has 0 saturated heterocycles. The highest BCUT2D eigenvalue weighted by atomic mass is 31.2. The number of phosphoric acid groups is 1. The molecule has 320 valence electrons. The number of aliphatic hydroxyl groups is 2. The Morgan fingerprint density at radius 2 is 1.06 bits per heavy atom. The van der Waals surface area contributed by atoms with Gasteiger partial charge in [-0.3, -0.25) is 13.8 Å². The number of nitrogens with one attached hydrogen (secondary N) is 1. The van der Waals surface area contributed by atoms with Gasteiger partial charge in [0.2, 0.25) is 5.91 Å². The van der Waals surface area contributed by atoms with Crippen molar-refractivity contribution in [2.45, 2.75) is 231 Å². The molecule has 4 unspecified atom stereocenters. The third kappa shape index (κ3) is 37.8. The van der Waals surface area contributed by atoms with Gasteiger partial charge < -0.3 is 26.2 Å². The predicted octanol–water partition coefficient (Wildman–Crippen LogP) is 11.5. The Kier molecular flexibility index (Phi) is 39.4. The minimum absolute atomic E-state index is 0.0461. The number of nitrogens with two attached hydrogens (primary N) is 1. The van der Waals surface area contributed by atoms with Crippen LogP contribution in [0, 0.1) is 0 Å². The minimum Gasteiger partial charge on any atom is -0.393 e. The topological polar surface area (TPSA) is 151 Å². The second-order valence-electron chi connectivity index (χ2n) is 15.4. The van der Waals surface area contributed by atoms with E-state index < -0.39 is 38.6 Å². The van der Waals surface area contributed by atoms with Gasteiger partial charge in [0, 0.05) is 6.54 Å². The summed E-state index contributed by atoms with van der Waals surface area (Å²) in [6.45, 7) is 3.96. The van der Waals surface area contributed by atoms with Gasteiger partial charge in [-0.25, -0.2) is 4.57 Å². The first-order chi connectivity index (χ1) is 26.3. The van der Waals surface area contributed by atoms with Gasteiger partial charge >= 0.3 is 7.82 Å². The first kappa shape index (κ1) is 52.9. The summed E-state index contributed by atoms with van der Waals surface area (Å²) in [5, 5.41) is 24.0. The Labute approximate surface area is 332 Å². The lowest BCUT2D eigenvalue weighted by molar-refractivity contribution is -0.124.